The molecule has 1 saturated heterocycles. The normalized spacial score (nSPS) is 19.1. The molecule has 3 rings (SSSR count). The van der Waals surface area contributed by atoms with Gasteiger partial charge in [0.2, 0.25) is 5.91 Å². The lowest BCUT2D eigenvalue weighted by Gasteiger charge is -2.41. The van der Waals surface area contributed by atoms with E-state index in [-0.39, 0.29) is 24.1 Å². The molecule has 0 bridgehead atoms. The molecule has 0 spiro atoms. The van der Waals surface area contributed by atoms with Gasteiger partial charge in [-0.1, -0.05) is 12.1 Å². The number of carbonyl (C=O) groups is 3. The van der Waals surface area contributed by atoms with E-state index in [4.69, 9.17) is 5.73 Å². The van der Waals surface area contributed by atoms with Gasteiger partial charge in [0.1, 0.15) is 17.2 Å². The molecule has 2 aromatic carbocycles. The molecule has 1 heterocycles. The number of likely N-dealkylation sites (tertiary alicyclic amines) is 1. The second-order valence-electron chi connectivity index (χ2n) is 6.75. The first-order chi connectivity index (χ1) is 13.3. The van der Waals surface area contributed by atoms with E-state index in [0.717, 1.165) is 12.1 Å². The number of hydrogen-bond donors (Lipinski definition) is 2. The Morgan fingerprint density at radius 1 is 1.00 bits per heavy atom. The van der Waals surface area contributed by atoms with Crippen LogP contribution < -0.4 is 11.1 Å². The highest BCUT2D eigenvalue weighted by molar-refractivity contribution is 6.00. The first kappa shape index (κ1) is 19.5. The molecule has 0 aliphatic carbocycles. The summed E-state index contributed by atoms with van der Waals surface area (Å²) < 4.78 is 26.8. The van der Waals surface area contributed by atoms with Gasteiger partial charge in [0.15, 0.2) is 0 Å². The monoisotopic (exact) mass is 387 g/mol. The molecule has 1 unspecified atom stereocenters. The molecule has 1 fully saturated rings. The lowest BCUT2D eigenvalue weighted by Crippen LogP contribution is -2.66. The van der Waals surface area contributed by atoms with E-state index >= 15 is 0 Å². The maximum absolute atomic E-state index is 13.4. The Morgan fingerprint density at radius 2 is 1.61 bits per heavy atom. The predicted octanol–water partition coefficient (Wildman–Crippen LogP) is 1.85. The van der Waals surface area contributed by atoms with E-state index in [1.54, 1.807) is 0 Å². The number of benzene rings is 2. The average Bonchev–Trinajstić information content (AvgIpc) is 2.67. The Bertz CT molecular complexity index is 934. The van der Waals surface area contributed by atoms with Gasteiger partial charge in [-0.3, -0.25) is 14.4 Å². The fourth-order valence-electron chi connectivity index (χ4n) is 3.32. The number of hydrogen-bond acceptors (Lipinski definition) is 3. The summed E-state index contributed by atoms with van der Waals surface area (Å²) in [4.78, 5) is 38.8. The Balaban J connectivity index is 1.83. The number of rotatable bonds is 4. The summed E-state index contributed by atoms with van der Waals surface area (Å²) in [6.07, 6.45) is 0.643. The molecule has 2 aromatic rings. The minimum atomic E-state index is -1.50. The van der Waals surface area contributed by atoms with Crippen molar-refractivity contribution in [3.05, 3.63) is 71.3 Å². The fourth-order valence-corrected chi connectivity index (χ4v) is 3.32. The van der Waals surface area contributed by atoms with Crippen molar-refractivity contribution in [1.82, 2.24) is 10.2 Å². The van der Waals surface area contributed by atoms with Gasteiger partial charge in [-0.2, -0.15) is 0 Å². The number of nitrogens with one attached hydrogen (secondary N) is 1. The number of amides is 3. The Labute approximate surface area is 160 Å². The van der Waals surface area contributed by atoms with Crippen LogP contribution in [0.4, 0.5) is 8.78 Å². The highest BCUT2D eigenvalue weighted by Gasteiger charge is 2.43. The van der Waals surface area contributed by atoms with Gasteiger partial charge >= 0.3 is 0 Å². The van der Waals surface area contributed by atoms with Crippen molar-refractivity contribution < 1.29 is 23.2 Å². The van der Waals surface area contributed by atoms with Crippen LogP contribution in [-0.2, 0) is 4.79 Å². The summed E-state index contributed by atoms with van der Waals surface area (Å²) in [6.45, 7) is 0.180. The third-order valence-electron chi connectivity index (χ3n) is 4.76. The molecule has 3 N–H and O–H groups in total. The topological polar surface area (TPSA) is 92.5 Å². The van der Waals surface area contributed by atoms with Crippen LogP contribution in [0.25, 0.3) is 0 Å². The van der Waals surface area contributed by atoms with Gasteiger partial charge in [0.05, 0.1) is 6.54 Å². The Hall–Kier alpha value is -3.29. The first-order valence-electron chi connectivity index (χ1n) is 8.73. The van der Waals surface area contributed by atoms with Gasteiger partial charge in [-0.05, 0) is 49.2 Å². The quantitative estimate of drug-likeness (QED) is 0.839. The molecule has 1 atom stereocenters. The molecular formula is C20H19F2N3O3. The van der Waals surface area contributed by atoms with Crippen LogP contribution >= 0.6 is 0 Å². The Morgan fingerprint density at radius 3 is 2.21 bits per heavy atom. The summed E-state index contributed by atoms with van der Waals surface area (Å²) in [5.74, 6) is -3.08. The van der Waals surface area contributed by atoms with Crippen molar-refractivity contribution in [2.24, 2.45) is 5.73 Å². The van der Waals surface area contributed by atoms with Gasteiger partial charge < -0.3 is 16.0 Å². The van der Waals surface area contributed by atoms with Crippen LogP contribution in [0.2, 0.25) is 0 Å². The molecule has 0 radical (unpaired) electrons. The standard InChI is InChI=1S/C20H19F2N3O3/c21-15-6-1-4-13(10-15)17(26)24-20(19(23)28)8-3-9-25(12-20)18(27)14-5-2-7-16(22)11-14/h1-2,4-7,10-11H,3,8-9,12H2,(H2,23,28)(H,24,26). The van der Waals surface area contributed by atoms with Gasteiger partial charge in [0, 0.05) is 17.7 Å². The van der Waals surface area contributed by atoms with Crippen LogP contribution in [0, 0.1) is 11.6 Å². The minimum Gasteiger partial charge on any atom is -0.368 e. The van der Waals surface area contributed by atoms with Crippen molar-refractivity contribution in [3.63, 3.8) is 0 Å². The smallest absolute Gasteiger partial charge is 0.254 e. The SMILES string of the molecule is NC(=O)C1(NC(=O)c2cccc(F)c2)CCCN(C(=O)c2cccc(F)c2)C1. The highest BCUT2D eigenvalue weighted by Crippen LogP contribution is 2.24. The largest absolute Gasteiger partial charge is 0.368 e. The zero-order valence-corrected chi connectivity index (χ0v) is 15.0. The molecule has 1 aliphatic rings. The number of carbonyl (C=O) groups excluding carboxylic acids is 3. The highest BCUT2D eigenvalue weighted by atomic mass is 19.1. The predicted molar refractivity (Wildman–Crippen MR) is 97.3 cm³/mol. The maximum atomic E-state index is 13.4. The van der Waals surface area contributed by atoms with Crippen molar-refractivity contribution in [3.8, 4) is 0 Å². The molecule has 8 heteroatoms. The van der Waals surface area contributed by atoms with Crippen LogP contribution in [0.3, 0.4) is 0 Å². The molecular weight excluding hydrogens is 368 g/mol. The second kappa shape index (κ2) is 7.75. The molecule has 1 aliphatic heterocycles. The number of nitrogens with two attached hydrogens (primary N) is 1. The molecule has 0 saturated carbocycles. The molecule has 0 aromatic heterocycles. The van der Waals surface area contributed by atoms with Gasteiger partial charge in [0.25, 0.3) is 11.8 Å². The van der Waals surface area contributed by atoms with Gasteiger partial charge in [-0.25, -0.2) is 8.78 Å². The van der Waals surface area contributed by atoms with Crippen molar-refractivity contribution in [2.75, 3.05) is 13.1 Å². The van der Waals surface area contributed by atoms with Crippen molar-refractivity contribution in [2.45, 2.75) is 18.4 Å². The Kier molecular flexibility index (Phi) is 5.39. The maximum Gasteiger partial charge on any atom is 0.254 e. The number of primary amides is 1. The summed E-state index contributed by atoms with van der Waals surface area (Å²) in [5.41, 5.74) is 4.23. The summed E-state index contributed by atoms with van der Waals surface area (Å²) >= 11 is 0. The molecule has 28 heavy (non-hydrogen) atoms. The van der Waals surface area contributed by atoms with Crippen LogP contribution in [0.5, 0.6) is 0 Å². The third kappa shape index (κ3) is 4.00. The second-order valence-corrected chi connectivity index (χ2v) is 6.75. The van der Waals surface area contributed by atoms with Gasteiger partial charge in [-0.15, -0.1) is 0 Å². The summed E-state index contributed by atoms with van der Waals surface area (Å²) in [5, 5.41) is 2.57. The van der Waals surface area contributed by atoms with Crippen LogP contribution in [0.15, 0.2) is 48.5 Å². The average molecular weight is 387 g/mol. The van der Waals surface area contributed by atoms with Crippen LogP contribution in [0.1, 0.15) is 33.6 Å². The number of halogens is 2. The summed E-state index contributed by atoms with van der Waals surface area (Å²) in [7, 11) is 0. The number of nitrogens with zero attached hydrogens (tertiary/aromatic N) is 1. The molecule has 3 amide bonds. The van der Waals surface area contributed by atoms with E-state index in [1.165, 1.54) is 41.3 Å². The zero-order valence-electron chi connectivity index (χ0n) is 15.0. The van der Waals surface area contributed by atoms with E-state index in [1.807, 2.05) is 0 Å². The van der Waals surface area contributed by atoms with Crippen LogP contribution in [-0.4, -0.2) is 41.2 Å². The lowest BCUT2D eigenvalue weighted by atomic mass is 9.87. The van der Waals surface area contributed by atoms with E-state index < -0.39 is 34.9 Å². The lowest BCUT2D eigenvalue weighted by molar-refractivity contribution is -0.125. The molecule has 6 nitrogen and oxygen atoms in total. The third-order valence-corrected chi connectivity index (χ3v) is 4.76. The molecule has 146 valence electrons. The first-order valence-corrected chi connectivity index (χ1v) is 8.73. The minimum absolute atomic E-state index is 0.0363. The van der Waals surface area contributed by atoms with Crippen molar-refractivity contribution >= 4 is 17.7 Å². The zero-order chi connectivity index (χ0) is 20.3. The van der Waals surface area contributed by atoms with E-state index in [0.29, 0.717) is 13.0 Å². The fraction of sp³-hybridized carbons (Fsp3) is 0.250. The van der Waals surface area contributed by atoms with E-state index in [9.17, 15) is 23.2 Å². The number of piperidine rings is 1. The van der Waals surface area contributed by atoms with Crippen molar-refractivity contribution in [1.29, 1.82) is 0 Å². The van der Waals surface area contributed by atoms with E-state index in [2.05, 4.69) is 5.32 Å². The summed E-state index contributed by atoms with van der Waals surface area (Å²) in [6, 6.07) is 10.2.